The van der Waals surface area contributed by atoms with Gasteiger partial charge in [-0.25, -0.2) is 4.39 Å². The summed E-state index contributed by atoms with van der Waals surface area (Å²) in [5.74, 6) is -0.244. The van der Waals surface area contributed by atoms with Crippen LogP contribution in [0.5, 0.6) is 0 Å². The Bertz CT molecular complexity index is 477. The summed E-state index contributed by atoms with van der Waals surface area (Å²) in [5, 5.41) is 3.36. The molecule has 3 rings (SSSR count). The SMILES string of the molecule is Fc1ccc(COC2COC3(CCNCC3)C2)cc1Br. The van der Waals surface area contributed by atoms with E-state index in [0.717, 1.165) is 37.9 Å². The van der Waals surface area contributed by atoms with Gasteiger partial charge in [-0.3, -0.25) is 0 Å². The van der Waals surface area contributed by atoms with Crippen molar-refractivity contribution in [2.45, 2.75) is 37.6 Å². The second kappa shape index (κ2) is 6.10. The van der Waals surface area contributed by atoms with Crippen molar-refractivity contribution in [2.24, 2.45) is 0 Å². The third-order valence-corrected chi connectivity index (χ3v) is 4.77. The minimum atomic E-state index is -0.244. The number of hydrogen-bond donors (Lipinski definition) is 1. The van der Waals surface area contributed by atoms with Gasteiger partial charge in [0.05, 0.1) is 29.4 Å². The first-order valence-corrected chi connectivity index (χ1v) is 7.86. The summed E-state index contributed by atoms with van der Waals surface area (Å²) in [7, 11) is 0. The molecule has 0 aliphatic carbocycles. The van der Waals surface area contributed by atoms with E-state index in [9.17, 15) is 4.39 Å². The van der Waals surface area contributed by atoms with Gasteiger partial charge in [0, 0.05) is 6.42 Å². The molecule has 0 amide bonds. The zero-order valence-corrected chi connectivity index (χ0v) is 12.9. The first-order chi connectivity index (χ1) is 9.67. The van der Waals surface area contributed by atoms with Gasteiger partial charge in [-0.05, 0) is 59.6 Å². The monoisotopic (exact) mass is 343 g/mol. The average Bonchev–Trinajstić information content (AvgIpc) is 2.84. The second-order valence-electron chi connectivity index (χ2n) is 5.63. The lowest BCUT2D eigenvalue weighted by Crippen LogP contribution is -2.41. The lowest BCUT2D eigenvalue weighted by atomic mass is 9.89. The first kappa shape index (κ1) is 14.4. The van der Waals surface area contributed by atoms with Crippen LogP contribution in [0.25, 0.3) is 0 Å². The van der Waals surface area contributed by atoms with Crippen LogP contribution >= 0.6 is 15.9 Å². The van der Waals surface area contributed by atoms with Crippen LogP contribution in [0.1, 0.15) is 24.8 Å². The van der Waals surface area contributed by atoms with Crippen LogP contribution < -0.4 is 5.32 Å². The standard InChI is InChI=1S/C15H19BrFNO2/c16-13-7-11(1-2-14(13)17)9-19-12-8-15(20-10-12)3-5-18-6-4-15/h1-2,7,12,18H,3-6,8-10H2. The molecular formula is C15H19BrFNO2. The molecule has 1 atom stereocenters. The average molecular weight is 344 g/mol. The fourth-order valence-corrected chi connectivity index (χ4v) is 3.41. The smallest absolute Gasteiger partial charge is 0.137 e. The lowest BCUT2D eigenvalue weighted by molar-refractivity contribution is -0.0240. The van der Waals surface area contributed by atoms with E-state index in [1.54, 1.807) is 12.1 Å². The number of benzene rings is 1. The third-order valence-electron chi connectivity index (χ3n) is 4.16. The number of piperidine rings is 1. The Labute approximate surface area is 127 Å². The highest BCUT2D eigenvalue weighted by Crippen LogP contribution is 2.35. The fraction of sp³-hybridized carbons (Fsp3) is 0.600. The maximum Gasteiger partial charge on any atom is 0.137 e. The van der Waals surface area contributed by atoms with Gasteiger partial charge in [0.25, 0.3) is 0 Å². The molecule has 1 N–H and O–H groups in total. The minimum Gasteiger partial charge on any atom is -0.372 e. The quantitative estimate of drug-likeness (QED) is 0.914. The van der Waals surface area contributed by atoms with Crippen molar-refractivity contribution in [1.29, 1.82) is 0 Å². The molecule has 2 fully saturated rings. The predicted octanol–water partition coefficient (Wildman–Crippen LogP) is 3.02. The number of nitrogens with one attached hydrogen (secondary N) is 1. The van der Waals surface area contributed by atoms with Crippen molar-refractivity contribution in [3.05, 3.63) is 34.1 Å². The Hall–Kier alpha value is -0.490. The summed E-state index contributed by atoms with van der Waals surface area (Å²) < 4.78 is 25.6. The number of rotatable bonds is 3. The van der Waals surface area contributed by atoms with Gasteiger partial charge in [-0.15, -0.1) is 0 Å². The molecule has 20 heavy (non-hydrogen) atoms. The molecule has 0 radical (unpaired) electrons. The molecule has 1 unspecified atom stereocenters. The minimum absolute atomic E-state index is 0.0271. The topological polar surface area (TPSA) is 30.5 Å². The molecule has 2 aliphatic heterocycles. The van der Waals surface area contributed by atoms with E-state index in [-0.39, 0.29) is 17.5 Å². The van der Waals surface area contributed by atoms with E-state index in [2.05, 4.69) is 21.2 Å². The van der Waals surface area contributed by atoms with Crippen LogP contribution in [0.2, 0.25) is 0 Å². The third kappa shape index (κ3) is 3.22. The maximum atomic E-state index is 13.2. The molecule has 1 aromatic rings. The maximum absolute atomic E-state index is 13.2. The van der Waals surface area contributed by atoms with Gasteiger partial charge < -0.3 is 14.8 Å². The van der Waals surface area contributed by atoms with Gasteiger partial charge in [-0.2, -0.15) is 0 Å². The zero-order chi connectivity index (χ0) is 14.0. The highest BCUT2D eigenvalue weighted by molar-refractivity contribution is 9.10. The van der Waals surface area contributed by atoms with Crippen molar-refractivity contribution >= 4 is 15.9 Å². The number of halogens is 2. The number of ether oxygens (including phenoxy) is 2. The van der Waals surface area contributed by atoms with Crippen molar-refractivity contribution in [2.75, 3.05) is 19.7 Å². The summed E-state index contributed by atoms with van der Waals surface area (Å²) in [5.41, 5.74) is 1.00. The molecule has 2 saturated heterocycles. The van der Waals surface area contributed by atoms with Gasteiger partial charge in [0.2, 0.25) is 0 Å². The summed E-state index contributed by atoms with van der Waals surface area (Å²) in [4.78, 5) is 0. The molecule has 0 saturated carbocycles. The Balaban J connectivity index is 1.53. The van der Waals surface area contributed by atoms with E-state index in [4.69, 9.17) is 9.47 Å². The van der Waals surface area contributed by atoms with Crippen LogP contribution in [0.4, 0.5) is 4.39 Å². The molecule has 0 aromatic heterocycles. The van der Waals surface area contributed by atoms with E-state index < -0.39 is 0 Å². The molecule has 2 heterocycles. The summed E-state index contributed by atoms with van der Waals surface area (Å²) >= 11 is 3.19. The van der Waals surface area contributed by atoms with Crippen LogP contribution in [0.15, 0.2) is 22.7 Å². The Morgan fingerprint density at radius 3 is 2.95 bits per heavy atom. The lowest BCUT2D eigenvalue weighted by Gasteiger charge is -2.32. The van der Waals surface area contributed by atoms with E-state index in [1.807, 2.05) is 0 Å². The van der Waals surface area contributed by atoms with Crippen LogP contribution in [0.3, 0.4) is 0 Å². The van der Waals surface area contributed by atoms with E-state index in [0.29, 0.717) is 17.7 Å². The summed E-state index contributed by atoms with van der Waals surface area (Å²) in [6.45, 7) is 3.22. The van der Waals surface area contributed by atoms with Crippen molar-refractivity contribution in [1.82, 2.24) is 5.32 Å². The molecular weight excluding hydrogens is 325 g/mol. The van der Waals surface area contributed by atoms with Crippen molar-refractivity contribution < 1.29 is 13.9 Å². The Morgan fingerprint density at radius 1 is 1.40 bits per heavy atom. The van der Waals surface area contributed by atoms with E-state index >= 15 is 0 Å². The highest BCUT2D eigenvalue weighted by atomic mass is 79.9. The molecule has 3 nitrogen and oxygen atoms in total. The molecule has 2 aliphatic rings. The van der Waals surface area contributed by atoms with Crippen LogP contribution in [-0.4, -0.2) is 31.4 Å². The molecule has 5 heteroatoms. The second-order valence-corrected chi connectivity index (χ2v) is 6.48. The van der Waals surface area contributed by atoms with Crippen molar-refractivity contribution in [3.8, 4) is 0 Å². The van der Waals surface area contributed by atoms with Crippen molar-refractivity contribution in [3.63, 3.8) is 0 Å². The first-order valence-electron chi connectivity index (χ1n) is 7.07. The highest BCUT2D eigenvalue weighted by Gasteiger charge is 2.41. The van der Waals surface area contributed by atoms with Gasteiger partial charge in [0.15, 0.2) is 0 Å². The van der Waals surface area contributed by atoms with Gasteiger partial charge in [-0.1, -0.05) is 6.07 Å². The predicted molar refractivity (Wildman–Crippen MR) is 78.1 cm³/mol. The van der Waals surface area contributed by atoms with E-state index in [1.165, 1.54) is 6.07 Å². The number of hydrogen-bond acceptors (Lipinski definition) is 3. The van der Waals surface area contributed by atoms with Gasteiger partial charge in [0.1, 0.15) is 5.82 Å². The Morgan fingerprint density at radius 2 is 2.20 bits per heavy atom. The molecule has 110 valence electrons. The molecule has 1 spiro atoms. The van der Waals surface area contributed by atoms with Crippen LogP contribution in [0, 0.1) is 5.82 Å². The fourth-order valence-electron chi connectivity index (χ4n) is 2.98. The van der Waals surface area contributed by atoms with Gasteiger partial charge >= 0.3 is 0 Å². The Kier molecular flexibility index (Phi) is 4.40. The zero-order valence-electron chi connectivity index (χ0n) is 11.3. The molecule has 1 aromatic carbocycles. The normalized spacial score (nSPS) is 25.2. The van der Waals surface area contributed by atoms with Crippen LogP contribution in [-0.2, 0) is 16.1 Å². The largest absolute Gasteiger partial charge is 0.372 e. The summed E-state index contributed by atoms with van der Waals surface area (Å²) in [6, 6.07) is 4.99. The summed E-state index contributed by atoms with van der Waals surface area (Å²) in [6.07, 6.45) is 3.25. The molecule has 0 bridgehead atoms.